The molecular formula is C14H21BrN4. The molecule has 0 radical (unpaired) electrons. The third-order valence-corrected chi connectivity index (χ3v) is 4.07. The Morgan fingerprint density at radius 2 is 2.11 bits per heavy atom. The molecule has 0 fully saturated rings. The molecule has 1 heterocycles. The van der Waals surface area contributed by atoms with Crippen LogP contribution < -0.4 is 5.73 Å². The SMILES string of the molecule is CCN(CC)CCN1N=Cc2cc(Br)ccc2C1N. The van der Waals surface area contributed by atoms with Crippen molar-refractivity contribution in [3.05, 3.63) is 33.8 Å². The van der Waals surface area contributed by atoms with Crippen molar-refractivity contribution < 1.29 is 0 Å². The van der Waals surface area contributed by atoms with Crippen LogP contribution in [0.2, 0.25) is 0 Å². The van der Waals surface area contributed by atoms with Crippen LogP contribution in [0.1, 0.15) is 31.1 Å². The van der Waals surface area contributed by atoms with Gasteiger partial charge in [0.15, 0.2) is 0 Å². The zero-order valence-electron chi connectivity index (χ0n) is 11.5. The van der Waals surface area contributed by atoms with Gasteiger partial charge in [-0.15, -0.1) is 0 Å². The van der Waals surface area contributed by atoms with Crippen molar-refractivity contribution in [3.8, 4) is 0 Å². The Bertz CT molecular complexity index is 457. The number of hydrogen-bond acceptors (Lipinski definition) is 4. The van der Waals surface area contributed by atoms with E-state index in [9.17, 15) is 0 Å². The van der Waals surface area contributed by atoms with Gasteiger partial charge in [0.05, 0.1) is 12.8 Å². The van der Waals surface area contributed by atoms with Crippen molar-refractivity contribution in [2.24, 2.45) is 10.8 Å². The lowest BCUT2D eigenvalue weighted by Gasteiger charge is -2.32. The molecule has 0 saturated carbocycles. The summed E-state index contributed by atoms with van der Waals surface area (Å²) < 4.78 is 1.06. The van der Waals surface area contributed by atoms with E-state index in [1.807, 2.05) is 17.3 Å². The molecule has 2 N–H and O–H groups in total. The summed E-state index contributed by atoms with van der Waals surface area (Å²) in [6, 6.07) is 6.15. The fourth-order valence-corrected chi connectivity index (χ4v) is 2.65. The summed E-state index contributed by atoms with van der Waals surface area (Å²) in [6.07, 6.45) is 1.75. The lowest BCUT2D eigenvalue weighted by atomic mass is 10.0. The van der Waals surface area contributed by atoms with Gasteiger partial charge in [0, 0.05) is 16.6 Å². The third-order valence-electron chi connectivity index (χ3n) is 3.57. The molecule has 0 spiro atoms. The number of nitrogens with zero attached hydrogens (tertiary/aromatic N) is 3. The van der Waals surface area contributed by atoms with Crippen LogP contribution >= 0.6 is 15.9 Å². The van der Waals surface area contributed by atoms with Gasteiger partial charge in [-0.25, -0.2) is 0 Å². The monoisotopic (exact) mass is 324 g/mol. The molecule has 19 heavy (non-hydrogen) atoms. The maximum Gasteiger partial charge on any atom is 0.120 e. The molecule has 5 heteroatoms. The van der Waals surface area contributed by atoms with Crippen LogP contribution in [0.25, 0.3) is 0 Å². The molecule has 0 amide bonds. The summed E-state index contributed by atoms with van der Waals surface area (Å²) >= 11 is 3.47. The first-order valence-electron chi connectivity index (χ1n) is 6.73. The van der Waals surface area contributed by atoms with E-state index < -0.39 is 0 Å². The minimum atomic E-state index is -0.149. The predicted molar refractivity (Wildman–Crippen MR) is 83.2 cm³/mol. The summed E-state index contributed by atoms with van der Waals surface area (Å²) in [5.74, 6) is 0. The molecule has 1 unspecified atom stereocenters. The topological polar surface area (TPSA) is 44.9 Å². The van der Waals surface area contributed by atoms with Crippen molar-refractivity contribution in [2.75, 3.05) is 26.2 Å². The first kappa shape index (κ1) is 14.5. The highest BCUT2D eigenvalue weighted by Gasteiger charge is 2.21. The normalized spacial score (nSPS) is 17.9. The molecule has 0 aromatic heterocycles. The zero-order valence-corrected chi connectivity index (χ0v) is 13.1. The molecular weight excluding hydrogens is 304 g/mol. The Morgan fingerprint density at radius 1 is 1.37 bits per heavy atom. The van der Waals surface area contributed by atoms with Crippen LogP contribution in [-0.4, -0.2) is 42.3 Å². The second kappa shape index (κ2) is 6.50. The van der Waals surface area contributed by atoms with E-state index in [-0.39, 0.29) is 6.17 Å². The molecule has 104 valence electrons. The van der Waals surface area contributed by atoms with Crippen molar-refractivity contribution in [2.45, 2.75) is 20.0 Å². The highest BCUT2D eigenvalue weighted by atomic mass is 79.9. The number of halogens is 1. The molecule has 0 saturated heterocycles. The second-order valence-corrected chi connectivity index (χ2v) is 5.57. The van der Waals surface area contributed by atoms with E-state index in [4.69, 9.17) is 5.73 Å². The van der Waals surface area contributed by atoms with E-state index in [1.165, 1.54) is 0 Å². The predicted octanol–water partition coefficient (Wildman–Crippen LogP) is 2.40. The average Bonchev–Trinajstić information content (AvgIpc) is 2.42. The van der Waals surface area contributed by atoms with Crippen molar-refractivity contribution in [3.63, 3.8) is 0 Å². The van der Waals surface area contributed by atoms with Gasteiger partial charge in [-0.1, -0.05) is 35.8 Å². The Labute approximate surface area is 123 Å². The van der Waals surface area contributed by atoms with Crippen molar-refractivity contribution >= 4 is 22.1 Å². The standard InChI is InChI=1S/C14H21BrN4/c1-3-18(4-2)7-8-19-14(16)13-6-5-12(15)9-11(13)10-17-19/h5-6,9-10,14H,3-4,7-8,16H2,1-2H3. The minimum Gasteiger partial charge on any atom is -0.306 e. The fourth-order valence-electron chi connectivity index (χ4n) is 2.28. The number of likely N-dealkylation sites (N-methyl/N-ethyl adjacent to an activating group) is 1. The lowest BCUT2D eigenvalue weighted by Crippen LogP contribution is -2.39. The Hall–Kier alpha value is -0.910. The summed E-state index contributed by atoms with van der Waals surface area (Å²) in [5.41, 5.74) is 8.52. The molecule has 1 aliphatic rings. The number of fused-ring (bicyclic) bond motifs is 1. The van der Waals surface area contributed by atoms with Gasteiger partial charge in [-0.3, -0.25) is 5.01 Å². The molecule has 1 aliphatic heterocycles. The summed E-state index contributed by atoms with van der Waals surface area (Å²) in [6.45, 7) is 8.32. The molecule has 2 rings (SSSR count). The van der Waals surface area contributed by atoms with Crippen LogP contribution in [0.4, 0.5) is 0 Å². The fraction of sp³-hybridized carbons (Fsp3) is 0.500. The van der Waals surface area contributed by atoms with E-state index >= 15 is 0 Å². The van der Waals surface area contributed by atoms with Gasteiger partial charge in [0.2, 0.25) is 0 Å². The van der Waals surface area contributed by atoms with Crippen LogP contribution in [0.3, 0.4) is 0 Å². The van der Waals surface area contributed by atoms with Crippen LogP contribution in [0.15, 0.2) is 27.8 Å². The first-order valence-corrected chi connectivity index (χ1v) is 7.53. The smallest absolute Gasteiger partial charge is 0.120 e. The Morgan fingerprint density at radius 3 is 2.79 bits per heavy atom. The molecule has 1 aromatic carbocycles. The number of nitrogens with two attached hydrogens (primary N) is 1. The van der Waals surface area contributed by atoms with Crippen LogP contribution in [-0.2, 0) is 0 Å². The molecule has 4 nitrogen and oxygen atoms in total. The Balaban J connectivity index is 2.05. The third kappa shape index (κ3) is 3.35. The second-order valence-electron chi connectivity index (χ2n) is 4.65. The number of benzene rings is 1. The quantitative estimate of drug-likeness (QED) is 0.904. The van der Waals surface area contributed by atoms with E-state index in [1.54, 1.807) is 0 Å². The highest BCUT2D eigenvalue weighted by molar-refractivity contribution is 9.10. The summed E-state index contributed by atoms with van der Waals surface area (Å²) in [5, 5.41) is 6.44. The Kier molecular flexibility index (Phi) is 4.96. The van der Waals surface area contributed by atoms with Gasteiger partial charge in [0.1, 0.15) is 6.17 Å². The number of rotatable bonds is 5. The van der Waals surface area contributed by atoms with Crippen LogP contribution in [0.5, 0.6) is 0 Å². The average molecular weight is 325 g/mol. The van der Waals surface area contributed by atoms with Crippen LogP contribution in [0, 0.1) is 0 Å². The van der Waals surface area contributed by atoms with E-state index in [2.05, 4.69) is 51.9 Å². The molecule has 1 aromatic rings. The lowest BCUT2D eigenvalue weighted by molar-refractivity contribution is 0.171. The highest BCUT2D eigenvalue weighted by Crippen LogP contribution is 2.25. The zero-order chi connectivity index (χ0) is 13.8. The summed E-state index contributed by atoms with van der Waals surface area (Å²) in [4.78, 5) is 2.37. The maximum atomic E-state index is 6.29. The van der Waals surface area contributed by atoms with Gasteiger partial charge in [-0.2, -0.15) is 5.10 Å². The number of hydrogen-bond donors (Lipinski definition) is 1. The van der Waals surface area contributed by atoms with Crippen molar-refractivity contribution in [1.82, 2.24) is 9.91 Å². The maximum absolute atomic E-state index is 6.29. The van der Waals surface area contributed by atoms with Gasteiger partial charge in [-0.05, 0) is 30.8 Å². The number of hydrazone groups is 1. The largest absolute Gasteiger partial charge is 0.306 e. The van der Waals surface area contributed by atoms with Gasteiger partial charge >= 0.3 is 0 Å². The van der Waals surface area contributed by atoms with Gasteiger partial charge < -0.3 is 10.6 Å². The van der Waals surface area contributed by atoms with E-state index in [0.717, 1.165) is 41.8 Å². The van der Waals surface area contributed by atoms with E-state index in [0.29, 0.717) is 0 Å². The minimum absolute atomic E-state index is 0.149. The molecule has 1 atom stereocenters. The summed E-state index contributed by atoms with van der Waals surface area (Å²) in [7, 11) is 0. The molecule has 0 aliphatic carbocycles. The van der Waals surface area contributed by atoms with Gasteiger partial charge in [0.25, 0.3) is 0 Å². The first-order chi connectivity index (χ1) is 9.15. The molecule has 0 bridgehead atoms. The van der Waals surface area contributed by atoms with Crippen molar-refractivity contribution in [1.29, 1.82) is 0 Å².